The van der Waals surface area contributed by atoms with E-state index >= 15 is 0 Å². The molecule has 1 atom stereocenters. The molecule has 0 radical (unpaired) electrons. The van der Waals surface area contributed by atoms with Gasteiger partial charge in [0.05, 0.1) is 0 Å². The zero-order chi connectivity index (χ0) is 14.4. The minimum atomic E-state index is -0.322. The molecular formula is C16H18O4. The first-order valence-electron chi connectivity index (χ1n) is 6.47. The van der Waals surface area contributed by atoms with Crippen LogP contribution in [0.1, 0.15) is 6.92 Å². The topological polar surface area (TPSA) is 44.8 Å². The van der Waals surface area contributed by atoms with E-state index in [0.717, 1.165) is 16.5 Å². The summed E-state index contributed by atoms with van der Waals surface area (Å²) < 4.78 is 15.9. The fraction of sp³-hybridized carbons (Fsp3) is 0.312. The molecule has 0 spiro atoms. The summed E-state index contributed by atoms with van der Waals surface area (Å²) in [6, 6.07) is 13.9. The number of hydrogen-bond donors (Lipinski definition) is 0. The van der Waals surface area contributed by atoms with Crippen molar-refractivity contribution in [3.63, 3.8) is 0 Å². The van der Waals surface area contributed by atoms with Crippen molar-refractivity contribution in [1.82, 2.24) is 0 Å². The van der Waals surface area contributed by atoms with Crippen molar-refractivity contribution in [3.8, 4) is 5.75 Å². The molecule has 0 aliphatic rings. The maximum Gasteiger partial charge on any atom is 0.302 e. The minimum absolute atomic E-state index is 0.191. The van der Waals surface area contributed by atoms with Crippen molar-refractivity contribution in [2.75, 3.05) is 20.3 Å². The highest BCUT2D eigenvalue weighted by atomic mass is 16.6. The van der Waals surface area contributed by atoms with Crippen LogP contribution < -0.4 is 4.74 Å². The molecule has 0 fully saturated rings. The van der Waals surface area contributed by atoms with Crippen molar-refractivity contribution in [2.45, 2.75) is 13.0 Å². The summed E-state index contributed by atoms with van der Waals surface area (Å²) in [5.41, 5.74) is 0. The lowest BCUT2D eigenvalue weighted by atomic mass is 10.1. The largest absolute Gasteiger partial charge is 0.490 e. The van der Waals surface area contributed by atoms with Crippen LogP contribution in [0.3, 0.4) is 0 Å². The van der Waals surface area contributed by atoms with E-state index in [0.29, 0.717) is 6.61 Å². The van der Waals surface area contributed by atoms with E-state index in [2.05, 4.69) is 0 Å². The molecule has 0 amide bonds. The Bertz CT molecular complexity index is 574. The third kappa shape index (κ3) is 3.71. The van der Waals surface area contributed by atoms with Crippen molar-refractivity contribution < 1.29 is 19.0 Å². The van der Waals surface area contributed by atoms with Crippen LogP contribution in [0.5, 0.6) is 5.75 Å². The molecule has 106 valence electrons. The molecule has 2 aromatic carbocycles. The number of carbonyl (C=O) groups excluding carboxylic acids is 1. The Hall–Kier alpha value is -2.07. The summed E-state index contributed by atoms with van der Waals surface area (Å²) in [4.78, 5) is 10.8. The van der Waals surface area contributed by atoms with Gasteiger partial charge in [-0.1, -0.05) is 36.4 Å². The Morgan fingerprint density at radius 2 is 1.85 bits per heavy atom. The van der Waals surface area contributed by atoms with Crippen LogP contribution in [0.15, 0.2) is 42.5 Å². The highest BCUT2D eigenvalue weighted by molar-refractivity contribution is 5.88. The lowest BCUT2D eigenvalue weighted by molar-refractivity contribution is -0.145. The highest BCUT2D eigenvalue weighted by Crippen LogP contribution is 2.25. The van der Waals surface area contributed by atoms with Gasteiger partial charge >= 0.3 is 5.97 Å². The standard InChI is InChI=1S/C16H18O4/c1-12(17)19-10-14(18-2)11-20-16-9-5-7-13-6-3-4-8-15(13)16/h3-9,14H,10-11H2,1-2H3. The molecule has 20 heavy (non-hydrogen) atoms. The van der Waals surface area contributed by atoms with Gasteiger partial charge in [0, 0.05) is 19.4 Å². The molecule has 1 unspecified atom stereocenters. The number of rotatable bonds is 6. The number of ether oxygens (including phenoxy) is 3. The second-order valence-corrected chi connectivity index (χ2v) is 4.45. The number of fused-ring (bicyclic) bond motifs is 1. The van der Waals surface area contributed by atoms with Crippen LogP contribution >= 0.6 is 0 Å². The van der Waals surface area contributed by atoms with Crippen LogP contribution in [-0.2, 0) is 14.3 Å². The number of esters is 1. The molecule has 4 nitrogen and oxygen atoms in total. The second-order valence-electron chi connectivity index (χ2n) is 4.45. The first-order valence-corrected chi connectivity index (χ1v) is 6.47. The average molecular weight is 274 g/mol. The predicted octanol–water partition coefficient (Wildman–Crippen LogP) is 2.80. The Morgan fingerprint density at radius 1 is 1.10 bits per heavy atom. The lowest BCUT2D eigenvalue weighted by Gasteiger charge is -2.16. The SMILES string of the molecule is COC(COC(C)=O)COc1cccc2ccccc12. The summed E-state index contributed by atoms with van der Waals surface area (Å²) >= 11 is 0. The van der Waals surface area contributed by atoms with Crippen LogP contribution in [0.2, 0.25) is 0 Å². The number of carbonyl (C=O) groups is 1. The van der Waals surface area contributed by atoms with E-state index in [9.17, 15) is 4.79 Å². The molecule has 0 heterocycles. The fourth-order valence-corrected chi connectivity index (χ4v) is 1.90. The van der Waals surface area contributed by atoms with Gasteiger partial charge in [0.15, 0.2) is 0 Å². The summed E-state index contributed by atoms with van der Waals surface area (Å²) in [5.74, 6) is 0.477. The first-order chi connectivity index (χ1) is 9.70. The van der Waals surface area contributed by atoms with Crippen molar-refractivity contribution >= 4 is 16.7 Å². The average Bonchev–Trinajstić information content (AvgIpc) is 2.47. The van der Waals surface area contributed by atoms with Crippen LogP contribution in [0, 0.1) is 0 Å². The molecule has 2 rings (SSSR count). The van der Waals surface area contributed by atoms with E-state index in [-0.39, 0.29) is 18.7 Å². The molecule has 2 aromatic rings. The van der Waals surface area contributed by atoms with Gasteiger partial charge < -0.3 is 14.2 Å². The molecule has 0 N–H and O–H groups in total. The monoisotopic (exact) mass is 274 g/mol. The Morgan fingerprint density at radius 3 is 2.60 bits per heavy atom. The number of hydrogen-bond acceptors (Lipinski definition) is 4. The second kappa shape index (κ2) is 6.91. The molecule has 0 bridgehead atoms. The fourth-order valence-electron chi connectivity index (χ4n) is 1.90. The van der Waals surface area contributed by atoms with Gasteiger partial charge in [0.25, 0.3) is 0 Å². The number of methoxy groups -OCH3 is 1. The van der Waals surface area contributed by atoms with Crippen molar-refractivity contribution in [3.05, 3.63) is 42.5 Å². The van der Waals surface area contributed by atoms with Gasteiger partial charge in [-0.05, 0) is 11.5 Å². The minimum Gasteiger partial charge on any atom is -0.490 e. The Kier molecular flexibility index (Phi) is 4.96. The molecular weight excluding hydrogens is 256 g/mol. The smallest absolute Gasteiger partial charge is 0.302 e. The van der Waals surface area contributed by atoms with E-state index in [4.69, 9.17) is 14.2 Å². The molecule has 0 saturated heterocycles. The van der Waals surface area contributed by atoms with E-state index in [1.807, 2.05) is 42.5 Å². The lowest BCUT2D eigenvalue weighted by Crippen LogP contribution is -2.26. The third-order valence-corrected chi connectivity index (χ3v) is 2.98. The highest BCUT2D eigenvalue weighted by Gasteiger charge is 2.11. The van der Waals surface area contributed by atoms with Gasteiger partial charge in [0.2, 0.25) is 0 Å². The molecule has 0 aliphatic carbocycles. The van der Waals surface area contributed by atoms with Crippen molar-refractivity contribution in [2.24, 2.45) is 0 Å². The first kappa shape index (κ1) is 14.3. The summed E-state index contributed by atoms with van der Waals surface area (Å²) in [7, 11) is 1.57. The molecule has 0 aliphatic heterocycles. The predicted molar refractivity (Wildman–Crippen MR) is 76.9 cm³/mol. The zero-order valence-electron chi connectivity index (χ0n) is 11.7. The van der Waals surface area contributed by atoms with Crippen LogP contribution in [-0.4, -0.2) is 32.4 Å². The van der Waals surface area contributed by atoms with E-state index in [1.54, 1.807) is 7.11 Å². The molecule has 0 saturated carbocycles. The van der Waals surface area contributed by atoms with Gasteiger partial charge in [-0.15, -0.1) is 0 Å². The quantitative estimate of drug-likeness (QED) is 0.760. The summed E-state index contributed by atoms with van der Waals surface area (Å²) in [5, 5.41) is 2.18. The van der Waals surface area contributed by atoms with E-state index < -0.39 is 0 Å². The van der Waals surface area contributed by atoms with Crippen molar-refractivity contribution in [1.29, 1.82) is 0 Å². The Labute approximate surface area is 118 Å². The van der Waals surface area contributed by atoms with Gasteiger partial charge in [-0.3, -0.25) is 4.79 Å². The third-order valence-electron chi connectivity index (χ3n) is 2.98. The normalized spacial score (nSPS) is 12.1. The van der Waals surface area contributed by atoms with Gasteiger partial charge in [-0.2, -0.15) is 0 Å². The Balaban J connectivity index is 2.02. The number of benzene rings is 2. The van der Waals surface area contributed by atoms with Crippen LogP contribution in [0.25, 0.3) is 10.8 Å². The molecule has 0 aromatic heterocycles. The van der Waals surface area contributed by atoms with E-state index in [1.165, 1.54) is 6.92 Å². The summed E-state index contributed by atoms with van der Waals surface area (Å²) in [6.45, 7) is 1.90. The van der Waals surface area contributed by atoms with Gasteiger partial charge in [-0.25, -0.2) is 0 Å². The maximum atomic E-state index is 10.8. The zero-order valence-corrected chi connectivity index (χ0v) is 11.7. The molecule has 4 heteroatoms. The van der Waals surface area contributed by atoms with Gasteiger partial charge in [0.1, 0.15) is 25.1 Å². The maximum absolute atomic E-state index is 10.8. The van der Waals surface area contributed by atoms with Crippen LogP contribution in [0.4, 0.5) is 0 Å². The summed E-state index contributed by atoms with van der Waals surface area (Å²) in [6.07, 6.45) is -0.280.